The number of hydrogen-bond acceptors (Lipinski definition) is 2. The Morgan fingerprint density at radius 3 is 2.39 bits per heavy atom. The highest BCUT2D eigenvalue weighted by Crippen LogP contribution is 2.48. The first-order valence-electron chi connectivity index (χ1n) is 12.2. The molecule has 0 N–H and O–H groups in total. The molecule has 0 spiro atoms. The summed E-state index contributed by atoms with van der Waals surface area (Å²) < 4.78 is 14.2. The van der Waals surface area contributed by atoms with Crippen LogP contribution in [-0.2, 0) is 0 Å². The van der Waals surface area contributed by atoms with Crippen molar-refractivity contribution in [1.29, 1.82) is 0 Å². The summed E-state index contributed by atoms with van der Waals surface area (Å²) in [6, 6.07) is 19.2. The van der Waals surface area contributed by atoms with Crippen molar-refractivity contribution in [2.24, 2.45) is 11.3 Å². The van der Waals surface area contributed by atoms with Crippen LogP contribution < -0.4 is 10.4 Å². The molecular weight excluding hydrogens is 425 g/mol. The number of pyridine rings is 1. The Balaban J connectivity index is 0.00000149. The lowest BCUT2D eigenvalue weighted by Gasteiger charge is -2.42. The second-order valence-corrected chi connectivity index (χ2v) is 9.32. The van der Waals surface area contributed by atoms with Gasteiger partial charge in [0.25, 0.3) is 0 Å². The second kappa shape index (κ2) is 11.7. The van der Waals surface area contributed by atoms with Gasteiger partial charge in [0.05, 0.1) is 5.69 Å². The van der Waals surface area contributed by atoms with E-state index in [1.54, 1.807) is 0 Å². The molecule has 1 aliphatic rings. The smallest absolute Gasteiger partial charge is 0.0671 e. The van der Waals surface area contributed by atoms with Crippen LogP contribution in [0.5, 0.6) is 0 Å². The van der Waals surface area contributed by atoms with E-state index in [9.17, 15) is 3.89 Å². The highest BCUT2D eigenvalue weighted by atomic mass is 32.2. The minimum Gasteiger partial charge on any atom is -0.257 e. The van der Waals surface area contributed by atoms with Gasteiger partial charge in [0.2, 0.25) is 0 Å². The van der Waals surface area contributed by atoms with Crippen LogP contribution in [0.2, 0.25) is 0 Å². The molecule has 0 amide bonds. The van der Waals surface area contributed by atoms with Crippen molar-refractivity contribution in [3.05, 3.63) is 89.1 Å². The van der Waals surface area contributed by atoms with E-state index in [1.807, 2.05) is 32.2 Å². The largest absolute Gasteiger partial charge is 0.257 e. The maximum absolute atomic E-state index is 14.2. The summed E-state index contributed by atoms with van der Waals surface area (Å²) in [6.07, 6.45) is 11.3. The van der Waals surface area contributed by atoms with E-state index in [4.69, 9.17) is 4.98 Å². The van der Waals surface area contributed by atoms with Crippen molar-refractivity contribution in [2.45, 2.75) is 59.1 Å². The van der Waals surface area contributed by atoms with E-state index in [2.05, 4.69) is 81.5 Å². The molecule has 3 atom stereocenters. The molecule has 174 valence electrons. The summed E-state index contributed by atoms with van der Waals surface area (Å²) in [6.45, 7) is 10.5. The van der Waals surface area contributed by atoms with Gasteiger partial charge >= 0.3 is 0 Å². The fourth-order valence-electron chi connectivity index (χ4n) is 5.03. The van der Waals surface area contributed by atoms with Crippen LogP contribution in [0, 0.1) is 11.3 Å². The maximum Gasteiger partial charge on any atom is 0.0671 e. The third-order valence-corrected chi connectivity index (χ3v) is 7.76. The SMILES string of the molecule is CC.CCC=CC(C)(C(CC)SF)C1CC=c2cc3ccccc3cc2=C1c1ccccn1. The van der Waals surface area contributed by atoms with Gasteiger partial charge in [-0.1, -0.05) is 83.2 Å². The van der Waals surface area contributed by atoms with E-state index in [-0.39, 0.29) is 16.6 Å². The van der Waals surface area contributed by atoms with Crippen LogP contribution in [0.4, 0.5) is 3.89 Å². The van der Waals surface area contributed by atoms with Crippen molar-refractivity contribution >= 4 is 34.6 Å². The molecule has 0 saturated heterocycles. The minimum absolute atomic E-state index is 0.116. The van der Waals surface area contributed by atoms with Gasteiger partial charge in [-0.15, -0.1) is 0 Å². The lowest BCUT2D eigenvalue weighted by atomic mass is 9.66. The Morgan fingerprint density at radius 2 is 1.79 bits per heavy atom. The summed E-state index contributed by atoms with van der Waals surface area (Å²) in [5.74, 6) is 0.145. The van der Waals surface area contributed by atoms with Gasteiger partial charge in [0.15, 0.2) is 0 Å². The van der Waals surface area contributed by atoms with Gasteiger partial charge in [0.1, 0.15) is 0 Å². The van der Waals surface area contributed by atoms with Crippen LogP contribution in [0.25, 0.3) is 22.4 Å². The first-order chi connectivity index (χ1) is 16.1. The summed E-state index contributed by atoms with van der Waals surface area (Å²) >= 11 is 0.503. The molecule has 1 nitrogen and oxygen atoms in total. The number of benzene rings is 2. The molecular formula is C30H36FNS. The predicted octanol–water partition coefficient (Wildman–Crippen LogP) is 7.63. The van der Waals surface area contributed by atoms with E-state index in [0.717, 1.165) is 25.0 Å². The number of nitrogens with zero attached hydrogens (tertiary/aromatic N) is 1. The minimum atomic E-state index is -0.323. The Kier molecular flexibility index (Phi) is 8.91. The maximum atomic E-state index is 14.2. The fourth-order valence-corrected chi connectivity index (χ4v) is 5.59. The first kappa shape index (κ1) is 25.2. The monoisotopic (exact) mass is 461 g/mol. The highest BCUT2D eigenvalue weighted by Gasteiger charge is 2.42. The Hall–Kier alpha value is -2.39. The zero-order chi connectivity index (χ0) is 23.8. The van der Waals surface area contributed by atoms with Crippen molar-refractivity contribution < 1.29 is 3.89 Å². The van der Waals surface area contributed by atoms with Gasteiger partial charge in [0, 0.05) is 34.9 Å². The van der Waals surface area contributed by atoms with Gasteiger partial charge in [-0.05, 0) is 70.3 Å². The standard InChI is InChI=1S/C28H30FNS.C2H6/c1-4-6-16-28(3,26(5-2)31-29)24-15-14-22-18-20-11-7-8-12-21(20)19-23(22)27(24)25-13-9-10-17-30-25;1-2/h6-14,16-19,24,26H,4-5,15H2,1-3H3;1-2H3. The molecule has 1 aliphatic carbocycles. The molecule has 33 heavy (non-hydrogen) atoms. The zero-order valence-corrected chi connectivity index (χ0v) is 21.3. The molecule has 2 aromatic carbocycles. The lowest BCUT2D eigenvalue weighted by Crippen LogP contribution is -2.43. The molecule has 0 saturated carbocycles. The molecule has 0 aliphatic heterocycles. The Labute approximate surface area is 202 Å². The van der Waals surface area contributed by atoms with E-state index >= 15 is 0 Å². The number of rotatable bonds is 7. The van der Waals surface area contributed by atoms with Crippen LogP contribution >= 0.6 is 12.1 Å². The molecule has 3 unspecified atom stereocenters. The fraction of sp³-hybridized carbons (Fsp3) is 0.367. The predicted molar refractivity (Wildman–Crippen MR) is 144 cm³/mol. The topological polar surface area (TPSA) is 12.9 Å². The highest BCUT2D eigenvalue weighted by molar-refractivity contribution is 7.95. The van der Waals surface area contributed by atoms with Crippen LogP contribution in [0.15, 0.2) is 72.9 Å². The molecule has 0 fully saturated rings. The first-order valence-corrected chi connectivity index (χ1v) is 13.0. The van der Waals surface area contributed by atoms with Crippen molar-refractivity contribution in [3.63, 3.8) is 0 Å². The molecule has 1 heterocycles. The van der Waals surface area contributed by atoms with E-state index < -0.39 is 0 Å². The van der Waals surface area contributed by atoms with Gasteiger partial charge in [-0.25, -0.2) is 0 Å². The van der Waals surface area contributed by atoms with Crippen LogP contribution in [0.3, 0.4) is 0 Å². The zero-order valence-electron chi connectivity index (χ0n) is 20.5. The van der Waals surface area contributed by atoms with Gasteiger partial charge in [-0.3, -0.25) is 4.98 Å². The van der Waals surface area contributed by atoms with Crippen LogP contribution in [0.1, 0.15) is 59.6 Å². The third kappa shape index (κ3) is 5.09. The number of hydrogen-bond donors (Lipinski definition) is 0. The molecule has 0 bridgehead atoms. The molecule has 1 aromatic heterocycles. The quantitative estimate of drug-likeness (QED) is 0.336. The molecule has 0 radical (unpaired) electrons. The average Bonchev–Trinajstić information content (AvgIpc) is 2.88. The summed E-state index contributed by atoms with van der Waals surface area (Å²) in [5, 5.41) is 4.83. The Morgan fingerprint density at radius 1 is 1.09 bits per heavy atom. The van der Waals surface area contributed by atoms with E-state index in [1.165, 1.54) is 26.8 Å². The van der Waals surface area contributed by atoms with Crippen molar-refractivity contribution in [3.8, 4) is 0 Å². The average molecular weight is 462 g/mol. The van der Waals surface area contributed by atoms with E-state index in [0.29, 0.717) is 12.1 Å². The lowest BCUT2D eigenvalue weighted by molar-refractivity contribution is 0.301. The summed E-state index contributed by atoms with van der Waals surface area (Å²) in [4.78, 5) is 4.76. The molecule has 3 aromatic rings. The van der Waals surface area contributed by atoms with Crippen LogP contribution in [-0.4, -0.2) is 10.2 Å². The number of halogens is 1. The summed E-state index contributed by atoms with van der Waals surface area (Å²) in [7, 11) is 0. The number of aromatic nitrogens is 1. The molecule has 3 heteroatoms. The van der Waals surface area contributed by atoms with Crippen molar-refractivity contribution in [1.82, 2.24) is 4.98 Å². The normalized spacial score (nSPS) is 18.1. The van der Waals surface area contributed by atoms with Gasteiger partial charge in [-0.2, -0.15) is 3.89 Å². The van der Waals surface area contributed by atoms with Crippen molar-refractivity contribution in [2.75, 3.05) is 0 Å². The number of allylic oxidation sites excluding steroid dienone is 2. The third-order valence-electron chi connectivity index (χ3n) is 6.71. The summed E-state index contributed by atoms with van der Waals surface area (Å²) in [5.41, 5.74) is 1.91. The number of fused-ring (bicyclic) bond motifs is 2. The van der Waals surface area contributed by atoms with Gasteiger partial charge < -0.3 is 0 Å². The Bertz CT molecular complexity index is 1200. The molecule has 4 rings (SSSR count). The second-order valence-electron chi connectivity index (χ2n) is 8.57.